The monoisotopic (exact) mass is 356 g/mol. The number of carbonyl (C=O) groups is 1. The Kier molecular flexibility index (Phi) is 11.0. The zero-order valence-electron chi connectivity index (χ0n) is 5.29. The fraction of sp³-hybridized carbons (Fsp3) is 0.800. The summed E-state index contributed by atoms with van der Waals surface area (Å²) in [6.45, 7) is 2.30. The molecule has 0 fully saturated rings. The summed E-state index contributed by atoms with van der Waals surface area (Å²) in [4.78, 5) is 9.65. The van der Waals surface area contributed by atoms with Crippen LogP contribution >= 0.6 is 0 Å². The van der Waals surface area contributed by atoms with Gasteiger partial charge in [-0.05, 0) is 6.42 Å². The fourth-order valence-corrected chi connectivity index (χ4v) is 0.304. The topological polar surface area (TPSA) is 46.5 Å². The standard InChI is InChI=1S/C5H10O3.Pu/c1-2-3-4-8-5(6)7;/h2-4H2,1H3,(H,6,7);. The third-order valence-corrected chi connectivity index (χ3v) is 0.723. The van der Waals surface area contributed by atoms with E-state index in [1.807, 2.05) is 6.92 Å². The van der Waals surface area contributed by atoms with Gasteiger partial charge < -0.3 is 9.84 Å². The van der Waals surface area contributed by atoms with Gasteiger partial charge in [-0.15, -0.1) is 0 Å². The van der Waals surface area contributed by atoms with Gasteiger partial charge in [0.25, 0.3) is 0 Å². The largest absolute Gasteiger partial charge is 0.505 e. The molecule has 0 aromatic carbocycles. The molecule has 0 atom stereocenters. The van der Waals surface area contributed by atoms with Gasteiger partial charge in [-0.3, -0.25) is 0 Å². The minimum absolute atomic E-state index is 0. The molecule has 0 heterocycles. The van der Waals surface area contributed by atoms with Crippen molar-refractivity contribution >= 4 is 6.16 Å². The van der Waals surface area contributed by atoms with E-state index in [1.54, 1.807) is 0 Å². The summed E-state index contributed by atoms with van der Waals surface area (Å²) in [5, 5.41) is 7.92. The van der Waals surface area contributed by atoms with Crippen LogP contribution in [-0.2, 0) is 4.74 Å². The number of ether oxygens (including phenoxy) is 1. The Bertz CT molecular complexity index is 74.6. The molecule has 0 rings (SSSR count). The van der Waals surface area contributed by atoms with Gasteiger partial charge in [0.05, 0.1) is 6.61 Å². The summed E-state index contributed by atoms with van der Waals surface area (Å²) in [7, 11) is 0. The van der Waals surface area contributed by atoms with E-state index in [2.05, 4.69) is 4.74 Å². The third-order valence-electron chi connectivity index (χ3n) is 0.723. The van der Waals surface area contributed by atoms with Crippen LogP contribution in [0.15, 0.2) is 0 Å². The van der Waals surface area contributed by atoms with Crippen LogP contribution in [0.5, 0.6) is 0 Å². The summed E-state index contributed by atoms with van der Waals surface area (Å²) >= 11 is 0. The van der Waals surface area contributed by atoms with Crippen molar-refractivity contribution in [3.8, 4) is 0 Å². The number of rotatable bonds is 3. The van der Waals surface area contributed by atoms with Crippen LogP contribution in [0.3, 0.4) is 0 Å². The van der Waals surface area contributed by atoms with Gasteiger partial charge in [-0.1, -0.05) is 13.3 Å². The van der Waals surface area contributed by atoms with Crippen molar-refractivity contribution in [1.29, 1.82) is 0 Å². The zero-order valence-corrected chi connectivity index (χ0v) is 8.69. The Morgan fingerprint density at radius 1 is 1.67 bits per heavy atom. The maximum atomic E-state index is 9.65. The second kappa shape index (κ2) is 8.26. The van der Waals surface area contributed by atoms with E-state index < -0.39 is 6.16 Å². The maximum Gasteiger partial charge on any atom is 0.505 e. The quantitative estimate of drug-likeness (QED) is 0.611. The van der Waals surface area contributed by atoms with E-state index in [0.717, 1.165) is 12.8 Å². The Morgan fingerprint density at radius 3 is 2.56 bits per heavy atom. The van der Waals surface area contributed by atoms with E-state index in [0.29, 0.717) is 6.61 Å². The molecule has 0 unspecified atom stereocenters. The predicted octanol–water partition coefficient (Wildman–Crippen LogP) is 1.48. The van der Waals surface area contributed by atoms with Crippen molar-refractivity contribution in [2.75, 3.05) is 6.61 Å². The first kappa shape index (κ1) is 12.0. The van der Waals surface area contributed by atoms with Crippen molar-refractivity contribution in [1.82, 2.24) is 0 Å². The number of hydrogen-bond acceptors (Lipinski definition) is 2. The first-order valence-corrected chi connectivity index (χ1v) is 2.63. The molecule has 0 aromatic heterocycles. The minimum atomic E-state index is -1.18. The fourth-order valence-electron chi connectivity index (χ4n) is 0.304. The van der Waals surface area contributed by atoms with Crippen LogP contribution in [0, 0.1) is 29.2 Å². The molecule has 3 nitrogen and oxygen atoms in total. The zero-order chi connectivity index (χ0) is 6.41. The van der Waals surface area contributed by atoms with Crippen LogP contribution in [-0.4, -0.2) is 17.9 Å². The summed E-state index contributed by atoms with van der Waals surface area (Å²) in [6, 6.07) is 0. The van der Waals surface area contributed by atoms with Gasteiger partial charge in [0.1, 0.15) is 0 Å². The average Bonchev–Trinajstić information content (AvgIpc) is 1.66. The smallest absolute Gasteiger partial charge is 0.450 e. The number of unbranched alkanes of at least 4 members (excludes halogenated alkanes) is 1. The van der Waals surface area contributed by atoms with Crippen LogP contribution in [0.4, 0.5) is 4.79 Å². The minimum Gasteiger partial charge on any atom is -0.450 e. The SMILES string of the molecule is CCCCOC(=O)O.[Pu]. The molecule has 4 heteroatoms. The predicted molar refractivity (Wildman–Crippen MR) is 28.9 cm³/mol. The molecule has 0 aliphatic heterocycles. The normalized spacial score (nSPS) is 7.67. The summed E-state index contributed by atoms with van der Waals surface area (Å²) in [5.41, 5.74) is 0. The first-order valence-electron chi connectivity index (χ1n) is 2.63. The molecular formula is C5H10O3Pu. The van der Waals surface area contributed by atoms with Gasteiger partial charge in [-0.25, -0.2) is 4.79 Å². The molecule has 0 aromatic rings. The molecule has 0 saturated carbocycles. The van der Waals surface area contributed by atoms with Crippen LogP contribution in [0.2, 0.25) is 0 Å². The first-order chi connectivity index (χ1) is 3.77. The van der Waals surface area contributed by atoms with E-state index in [9.17, 15) is 4.79 Å². The Hall–Kier alpha value is 0.257. The Labute approximate surface area is 76.3 Å². The molecule has 0 spiro atoms. The molecule has 0 aliphatic rings. The van der Waals surface area contributed by atoms with Gasteiger partial charge in [0.2, 0.25) is 0 Å². The van der Waals surface area contributed by atoms with E-state index >= 15 is 0 Å². The second-order valence-corrected chi connectivity index (χ2v) is 1.47. The molecular weight excluding hydrogens is 352 g/mol. The van der Waals surface area contributed by atoms with Crippen molar-refractivity contribution in [2.45, 2.75) is 19.8 Å². The molecule has 9 heavy (non-hydrogen) atoms. The van der Waals surface area contributed by atoms with Gasteiger partial charge in [-0.2, -0.15) is 0 Å². The molecule has 0 bridgehead atoms. The van der Waals surface area contributed by atoms with Crippen molar-refractivity contribution in [3.63, 3.8) is 0 Å². The third kappa shape index (κ3) is 11.7. The van der Waals surface area contributed by atoms with Crippen molar-refractivity contribution in [3.05, 3.63) is 0 Å². The Balaban J connectivity index is 0. The van der Waals surface area contributed by atoms with Gasteiger partial charge in [0, 0.05) is 29.2 Å². The molecule has 0 aliphatic carbocycles. The molecule has 0 amide bonds. The summed E-state index contributed by atoms with van der Waals surface area (Å²) in [5.74, 6) is 0. The summed E-state index contributed by atoms with van der Waals surface area (Å²) in [6.07, 6.45) is 0.595. The average molecular weight is 362 g/mol. The Morgan fingerprint density at radius 2 is 2.22 bits per heavy atom. The number of carboxylic acid groups (broad SMARTS) is 1. The van der Waals surface area contributed by atoms with Crippen LogP contribution in [0.25, 0.3) is 0 Å². The molecule has 1 N–H and O–H groups in total. The molecule has 0 radical (unpaired) electrons. The van der Waals surface area contributed by atoms with E-state index in [-0.39, 0.29) is 29.2 Å². The maximum absolute atomic E-state index is 9.65. The van der Waals surface area contributed by atoms with Gasteiger partial charge >= 0.3 is 6.16 Å². The number of hydrogen-bond donors (Lipinski definition) is 1. The van der Waals surface area contributed by atoms with E-state index in [4.69, 9.17) is 5.11 Å². The van der Waals surface area contributed by atoms with Crippen molar-refractivity contribution in [2.24, 2.45) is 0 Å². The second-order valence-electron chi connectivity index (χ2n) is 1.47. The molecule has 54 valence electrons. The molecule has 0 saturated heterocycles. The van der Waals surface area contributed by atoms with Crippen molar-refractivity contribution < 1.29 is 43.8 Å². The van der Waals surface area contributed by atoms with Crippen LogP contribution < -0.4 is 0 Å². The van der Waals surface area contributed by atoms with Crippen LogP contribution in [0.1, 0.15) is 19.8 Å². The van der Waals surface area contributed by atoms with Gasteiger partial charge in [0.15, 0.2) is 0 Å². The van der Waals surface area contributed by atoms with E-state index in [1.165, 1.54) is 0 Å². The summed E-state index contributed by atoms with van der Waals surface area (Å²) < 4.78 is 4.20.